The summed E-state index contributed by atoms with van der Waals surface area (Å²) in [5.74, 6) is 0.439. The molecule has 0 aliphatic carbocycles. The highest BCUT2D eigenvalue weighted by Crippen LogP contribution is 2.18. The van der Waals surface area contributed by atoms with Crippen molar-refractivity contribution in [1.29, 1.82) is 0 Å². The van der Waals surface area contributed by atoms with Crippen molar-refractivity contribution in [3.63, 3.8) is 0 Å². The normalized spacial score (nSPS) is 11.1. The summed E-state index contributed by atoms with van der Waals surface area (Å²) in [6.45, 7) is 8.36. The number of nitrogens with one attached hydrogen (secondary N) is 1. The molecule has 0 saturated heterocycles. The number of likely N-dealkylation sites (N-methyl/N-ethyl adjacent to an activating group) is 1. The van der Waals surface area contributed by atoms with E-state index in [1.165, 1.54) is 5.56 Å². The van der Waals surface area contributed by atoms with Crippen LogP contribution in [0.3, 0.4) is 0 Å². The largest absolute Gasteiger partial charge is 0.396 e. The number of benzene rings is 1. The molecule has 0 radical (unpaired) electrons. The topological polar surface area (TPSA) is 52.6 Å². The van der Waals surface area contributed by atoms with Crippen LogP contribution in [0.15, 0.2) is 24.3 Å². The summed E-state index contributed by atoms with van der Waals surface area (Å²) in [5, 5.41) is 11.8. The maximum Gasteiger partial charge on any atom is 0.238 e. The lowest BCUT2D eigenvalue weighted by Gasteiger charge is -2.19. The quantitative estimate of drug-likeness (QED) is 0.768. The fourth-order valence-corrected chi connectivity index (χ4v) is 2.02. The third-order valence-corrected chi connectivity index (χ3v) is 3.28. The molecular formula is C16H26N2O2. The maximum absolute atomic E-state index is 12.0. The predicted molar refractivity (Wildman–Crippen MR) is 83.0 cm³/mol. The van der Waals surface area contributed by atoms with Crippen LogP contribution in [0.25, 0.3) is 0 Å². The van der Waals surface area contributed by atoms with Gasteiger partial charge in [-0.1, -0.05) is 32.9 Å². The van der Waals surface area contributed by atoms with Gasteiger partial charge in [-0.2, -0.15) is 0 Å². The Hall–Kier alpha value is -1.39. The van der Waals surface area contributed by atoms with Crippen molar-refractivity contribution in [2.24, 2.45) is 0 Å². The van der Waals surface area contributed by atoms with Crippen molar-refractivity contribution in [2.45, 2.75) is 33.1 Å². The van der Waals surface area contributed by atoms with Crippen molar-refractivity contribution in [1.82, 2.24) is 4.90 Å². The first-order chi connectivity index (χ1) is 9.56. The van der Waals surface area contributed by atoms with Gasteiger partial charge in [0.15, 0.2) is 0 Å². The SMILES string of the molecule is CCN(CCCO)CC(=O)Nc1cccc(C(C)C)c1. The smallest absolute Gasteiger partial charge is 0.238 e. The van der Waals surface area contributed by atoms with E-state index in [0.717, 1.165) is 18.8 Å². The minimum atomic E-state index is -0.00861. The first-order valence-corrected chi connectivity index (χ1v) is 7.29. The minimum Gasteiger partial charge on any atom is -0.396 e. The van der Waals surface area contributed by atoms with Gasteiger partial charge in [0.1, 0.15) is 0 Å². The monoisotopic (exact) mass is 278 g/mol. The Morgan fingerprint density at radius 1 is 1.40 bits per heavy atom. The first kappa shape index (κ1) is 16.7. The number of hydrogen-bond donors (Lipinski definition) is 2. The van der Waals surface area contributed by atoms with Crippen LogP contribution in [0.4, 0.5) is 5.69 Å². The summed E-state index contributed by atoms with van der Waals surface area (Å²) in [7, 11) is 0. The van der Waals surface area contributed by atoms with Crippen LogP contribution in [-0.4, -0.2) is 42.2 Å². The summed E-state index contributed by atoms with van der Waals surface area (Å²) in [6.07, 6.45) is 0.698. The second-order valence-electron chi connectivity index (χ2n) is 5.27. The summed E-state index contributed by atoms with van der Waals surface area (Å²) in [5.41, 5.74) is 2.06. The van der Waals surface area contributed by atoms with E-state index in [-0.39, 0.29) is 12.5 Å². The lowest BCUT2D eigenvalue weighted by Crippen LogP contribution is -2.34. The third-order valence-electron chi connectivity index (χ3n) is 3.28. The van der Waals surface area contributed by atoms with E-state index in [4.69, 9.17) is 5.11 Å². The Labute approximate surface area is 121 Å². The van der Waals surface area contributed by atoms with Gasteiger partial charge in [-0.25, -0.2) is 0 Å². The van der Waals surface area contributed by atoms with Gasteiger partial charge in [0.2, 0.25) is 5.91 Å². The van der Waals surface area contributed by atoms with Gasteiger partial charge in [0, 0.05) is 18.8 Å². The molecule has 4 nitrogen and oxygen atoms in total. The van der Waals surface area contributed by atoms with E-state index in [0.29, 0.717) is 18.9 Å². The molecule has 112 valence electrons. The number of carbonyl (C=O) groups excluding carboxylic acids is 1. The molecule has 0 saturated carbocycles. The van der Waals surface area contributed by atoms with E-state index in [2.05, 4.69) is 25.2 Å². The van der Waals surface area contributed by atoms with Gasteiger partial charge < -0.3 is 10.4 Å². The number of nitrogens with zero attached hydrogens (tertiary/aromatic N) is 1. The molecule has 20 heavy (non-hydrogen) atoms. The molecule has 1 aromatic carbocycles. The Bertz CT molecular complexity index is 419. The van der Waals surface area contributed by atoms with E-state index in [1.54, 1.807) is 0 Å². The van der Waals surface area contributed by atoms with Crippen LogP contribution >= 0.6 is 0 Å². The van der Waals surface area contributed by atoms with Gasteiger partial charge >= 0.3 is 0 Å². The number of rotatable bonds is 8. The van der Waals surface area contributed by atoms with Crippen molar-refractivity contribution in [2.75, 3.05) is 31.6 Å². The molecule has 0 fully saturated rings. The number of anilines is 1. The van der Waals surface area contributed by atoms with Crippen molar-refractivity contribution in [3.8, 4) is 0 Å². The second-order valence-corrected chi connectivity index (χ2v) is 5.27. The zero-order chi connectivity index (χ0) is 15.0. The van der Waals surface area contributed by atoms with Crippen molar-refractivity contribution < 1.29 is 9.90 Å². The van der Waals surface area contributed by atoms with Gasteiger partial charge in [0.25, 0.3) is 0 Å². The molecule has 1 amide bonds. The number of aliphatic hydroxyl groups is 1. The highest BCUT2D eigenvalue weighted by molar-refractivity contribution is 5.92. The van der Waals surface area contributed by atoms with Crippen LogP contribution in [0.5, 0.6) is 0 Å². The molecule has 0 aliphatic heterocycles. The average molecular weight is 278 g/mol. The maximum atomic E-state index is 12.0. The van der Waals surface area contributed by atoms with E-state index in [9.17, 15) is 4.79 Å². The molecule has 0 unspecified atom stereocenters. The van der Waals surface area contributed by atoms with Crippen LogP contribution in [0.2, 0.25) is 0 Å². The van der Waals surface area contributed by atoms with Crippen LogP contribution < -0.4 is 5.32 Å². The van der Waals surface area contributed by atoms with E-state index < -0.39 is 0 Å². The fraction of sp³-hybridized carbons (Fsp3) is 0.562. The molecule has 0 atom stereocenters. The first-order valence-electron chi connectivity index (χ1n) is 7.29. The molecule has 0 heterocycles. The number of carbonyl (C=O) groups is 1. The second kappa shape index (κ2) is 8.72. The van der Waals surface area contributed by atoms with Gasteiger partial charge in [-0.05, 0) is 36.6 Å². The van der Waals surface area contributed by atoms with Gasteiger partial charge in [-0.15, -0.1) is 0 Å². The summed E-state index contributed by atoms with van der Waals surface area (Å²) >= 11 is 0. The Morgan fingerprint density at radius 3 is 2.75 bits per heavy atom. The molecule has 1 rings (SSSR count). The van der Waals surface area contributed by atoms with Crippen molar-refractivity contribution in [3.05, 3.63) is 29.8 Å². The summed E-state index contributed by atoms with van der Waals surface area (Å²) in [4.78, 5) is 14.0. The Kier molecular flexibility index (Phi) is 7.26. The third kappa shape index (κ3) is 5.72. The zero-order valence-corrected chi connectivity index (χ0v) is 12.7. The number of amides is 1. The van der Waals surface area contributed by atoms with E-state index in [1.807, 2.05) is 30.0 Å². The van der Waals surface area contributed by atoms with Crippen molar-refractivity contribution >= 4 is 11.6 Å². The van der Waals surface area contributed by atoms with E-state index >= 15 is 0 Å². The van der Waals surface area contributed by atoms with Crippen LogP contribution in [0, 0.1) is 0 Å². The van der Waals surface area contributed by atoms with Gasteiger partial charge in [-0.3, -0.25) is 9.69 Å². The van der Waals surface area contributed by atoms with Gasteiger partial charge in [0.05, 0.1) is 6.54 Å². The minimum absolute atomic E-state index is 0.00861. The molecule has 0 aliphatic rings. The average Bonchev–Trinajstić information content (AvgIpc) is 2.43. The van der Waals surface area contributed by atoms with Crippen LogP contribution in [-0.2, 0) is 4.79 Å². The molecule has 2 N–H and O–H groups in total. The standard InChI is InChI=1S/C16H26N2O2/c1-4-18(9-6-10-19)12-16(20)17-15-8-5-7-14(11-15)13(2)3/h5,7-8,11,13,19H,4,6,9-10,12H2,1-3H3,(H,17,20). The highest BCUT2D eigenvalue weighted by Gasteiger charge is 2.09. The molecular weight excluding hydrogens is 252 g/mol. The summed E-state index contributed by atoms with van der Waals surface area (Å²) in [6, 6.07) is 7.97. The number of aliphatic hydroxyl groups excluding tert-OH is 1. The molecule has 0 aromatic heterocycles. The van der Waals surface area contributed by atoms with Crippen LogP contribution in [0.1, 0.15) is 38.7 Å². The Morgan fingerprint density at radius 2 is 2.15 bits per heavy atom. The number of hydrogen-bond acceptors (Lipinski definition) is 3. The lowest BCUT2D eigenvalue weighted by atomic mass is 10.0. The lowest BCUT2D eigenvalue weighted by molar-refractivity contribution is -0.117. The molecule has 0 bridgehead atoms. The zero-order valence-electron chi connectivity index (χ0n) is 12.7. The highest BCUT2D eigenvalue weighted by atomic mass is 16.3. The fourth-order valence-electron chi connectivity index (χ4n) is 2.02. The molecule has 0 spiro atoms. The summed E-state index contributed by atoms with van der Waals surface area (Å²) < 4.78 is 0. The molecule has 1 aromatic rings. The predicted octanol–water partition coefficient (Wildman–Crippen LogP) is 2.45. The molecule has 4 heteroatoms. The Balaban J connectivity index is 2.54.